The first-order valence-corrected chi connectivity index (χ1v) is 8.81. The summed E-state index contributed by atoms with van der Waals surface area (Å²) < 4.78 is 7.80. The van der Waals surface area contributed by atoms with Crippen molar-refractivity contribution in [3.63, 3.8) is 0 Å². The smallest absolute Gasteiger partial charge is 0.319 e. The number of aromatic nitrogens is 3. The van der Waals surface area contributed by atoms with Gasteiger partial charge in [-0.1, -0.05) is 18.9 Å². The number of hydrogen-bond donors (Lipinski definition) is 2. The van der Waals surface area contributed by atoms with Crippen LogP contribution >= 0.6 is 0 Å². The van der Waals surface area contributed by atoms with Crippen molar-refractivity contribution in [3.8, 4) is 5.69 Å². The number of nitrogens with zero attached hydrogens (tertiary/aromatic N) is 3. The Labute approximate surface area is 146 Å². The predicted molar refractivity (Wildman–Crippen MR) is 93.8 cm³/mol. The molecule has 2 aliphatic rings. The van der Waals surface area contributed by atoms with E-state index in [2.05, 4.69) is 20.8 Å². The van der Waals surface area contributed by atoms with Gasteiger partial charge in [0, 0.05) is 5.69 Å². The molecule has 2 fully saturated rings. The fourth-order valence-corrected chi connectivity index (χ4v) is 3.89. The highest BCUT2D eigenvalue weighted by molar-refractivity contribution is 5.90. The van der Waals surface area contributed by atoms with E-state index in [1.165, 1.54) is 12.8 Å². The molecule has 7 heteroatoms. The second-order valence-electron chi connectivity index (χ2n) is 7.07. The van der Waals surface area contributed by atoms with Gasteiger partial charge >= 0.3 is 6.03 Å². The van der Waals surface area contributed by atoms with E-state index in [1.54, 1.807) is 17.2 Å². The number of benzene rings is 1. The molecule has 1 aromatic carbocycles. The second kappa shape index (κ2) is 6.48. The largest absolute Gasteiger partial charge is 0.373 e. The lowest BCUT2D eigenvalue weighted by Crippen LogP contribution is -2.39. The number of anilines is 1. The zero-order chi connectivity index (χ0) is 17.3. The minimum Gasteiger partial charge on any atom is -0.373 e. The summed E-state index contributed by atoms with van der Waals surface area (Å²) in [5, 5.41) is 13.6. The number of carbonyl (C=O) groups excluding carboxylic acids is 1. The Hall–Kier alpha value is -2.41. The standard InChI is InChI=1S/C18H23N5O2/c1-13-4-5-15(23-11-19-20-12-23)8-16(13)22-17(24)21-14-9-18(25-10-14)6-2-3-7-18/h4-5,8,11-12,14H,2-3,6-7,9-10H2,1H3,(H2,21,22,24)/t14-/m0/s1. The summed E-state index contributed by atoms with van der Waals surface area (Å²) in [6.45, 7) is 2.57. The Morgan fingerprint density at radius 1 is 1.28 bits per heavy atom. The summed E-state index contributed by atoms with van der Waals surface area (Å²) >= 11 is 0. The maximum atomic E-state index is 12.4. The molecule has 1 aromatic heterocycles. The third-order valence-corrected chi connectivity index (χ3v) is 5.25. The van der Waals surface area contributed by atoms with E-state index in [9.17, 15) is 4.79 Å². The van der Waals surface area contributed by atoms with E-state index in [4.69, 9.17) is 4.74 Å². The van der Waals surface area contributed by atoms with Gasteiger partial charge < -0.3 is 15.4 Å². The zero-order valence-corrected chi connectivity index (χ0v) is 14.4. The van der Waals surface area contributed by atoms with Crippen LogP contribution in [0.5, 0.6) is 0 Å². The molecule has 0 radical (unpaired) electrons. The van der Waals surface area contributed by atoms with Crippen LogP contribution in [0.3, 0.4) is 0 Å². The average molecular weight is 341 g/mol. The number of amides is 2. The van der Waals surface area contributed by atoms with Gasteiger partial charge in [-0.15, -0.1) is 10.2 Å². The summed E-state index contributed by atoms with van der Waals surface area (Å²) in [5.41, 5.74) is 2.70. The van der Waals surface area contributed by atoms with Gasteiger partial charge in [0.15, 0.2) is 0 Å². The van der Waals surface area contributed by atoms with Gasteiger partial charge in [0.2, 0.25) is 0 Å². The van der Waals surface area contributed by atoms with Crippen LogP contribution in [0.4, 0.5) is 10.5 Å². The van der Waals surface area contributed by atoms with E-state index in [0.717, 1.165) is 36.2 Å². The van der Waals surface area contributed by atoms with Gasteiger partial charge in [-0.2, -0.15) is 0 Å². The molecule has 2 N–H and O–H groups in total. The number of carbonyl (C=O) groups is 1. The molecule has 1 aliphatic carbocycles. The molecular weight excluding hydrogens is 318 g/mol. The van der Waals surface area contributed by atoms with Gasteiger partial charge in [-0.05, 0) is 43.9 Å². The van der Waals surface area contributed by atoms with Crippen molar-refractivity contribution in [1.29, 1.82) is 0 Å². The van der Waals surface area contributed by atoms with E-state index in [-0.39, 0.29) is 17.7 Å². The lowest BCUT2D eigenvalue weighted by Gasteiger charge is -2.21. The van der Waals surface area contributed by atoms with Crippen molar-refractivity contribution in [2.45, 2.75) is 50.7 Å². The summed E-state index contributed by atoms with van der Waals surface area (Å²) in [7, 11) is 0. The fourth-order valence-electron chi connectivity index (χ4n) is 3.89. The molecule has 2 heterocycles. The van der Waals surface area contributed by atoms with E-state index in [0.29, 0.717) is 6.61 Å². The fraction of sp³-hybridized carbons (Fsp3) is 0.500. The highest BCUT2D eigenvalue weighted by atomic mass is 16.5. The highest BCUT2D eigenvalue weighted by Crippen LogP contribution is 2.40. The molecule has 0 unspecified atom stereocenters. The number of nitrogens with one attached hydrogen (secondary N) is 2. The summed E-state index contributed by atoms with van der Waals surface area (Å²) in [4.78, 5) is 12.4. The summed E-state index contributed by atoms with van der Waals surface area (Å²) in [6, 6.07) is 5.75. The van der Waals surface area contributed by atoms with Crippen molar-refractivity contribution in [1.82, 2.24) is 20.1 Å². The topological polar surface area (TPSA) is 81.1 Å². The third-order valence-electron chi connectivity index (χ3n) is 5.25. The number of ether oxygens (including phenoxy) is 1. The molecule has 132 valence electrons. The Morgan fingerprint density at radius 3 is 2.80 bits per heavy atom. The van der Waals surface area contributed by atoms with E-state index < -0.39 is 0 Å². The molecular formula is C18H23N5O2. The highest BCUT2D eigenvalue weighted by Gasteiger charge is 2.42. The van der Waals surface area contributed by atoms with Crippen molar-refractivity contribution in [2.24, 2.45) is 0 Å². The first-order chi connectivity index (χ1) is 12.1. The van der Waals surface area contributed by atoms with Crippen molar-refractivity contribution < 1.29 is 9.53 Å². The maximum Gasteiger partial charge on any atom is 0.319 e. The minimum atomic E-state index is -0.187. The zero-order valence-electron chi connectivity index (χ0n) is 14.4. The van der Waals surface area contributed by atoms with Crippen LogP contribution in [0, 0.1) is 6.92 Å². The predicted octanol–water partition coefficient (Wildman–Crippen LogP) is 2.80. The monoisotopic (exact) mass is 341 g/mol. The molecule has 7 nitrogen and oxygen atoms in total. The molecule has 1 spiro atoms. The van der Waals surface area contributed by atoms with Crippen LogP contribution in [-0.2, 0) is 4.74 Å². The lowest BCUT2D eigenvalue weighted by molar-refractivity contribution is 0.00998. The Balaban J connectivity index is 1.40. The van der Waals surface area contributed by atoms with Gasteiger partial charge in [-0.25, -0.2) is 4.79 Å². The number of rotatable bonds is 3. The molecule has 25 heavy (non-hydrogen) atoms. The Morgan fingerprint density at radius 2 is 2.04 bits per heavy atom. The van der Waals surface area contributed by atoms with Crippen LogP contribution in [0.2, 0.25) is 0 Å². The maximum absolute atomic E-state index is 12.4. The molecule has 2 aromatic rings. The quantitative estimate of drug-likeness (QED) is 0.899. The molecule has 1 saturated carbocycles. The average Bonchev–Trinajstić information content (AvgIpc) is 3.33. The van der Waals surface area contributed by atoms with Crippen LogP contribution in [0.25, 0.3) is 5.69 Å². The molecule has 1 saturated heterocycles. The third kappa shape index (κ3) is 3.37. The number of aryl methyl sites for hydroxylation is 1. The van der Waals surface area contributed by atoms with Crippen molar-refractivity contribution >= 4 is 11.7 Å². The lowest BCUT2D eigenvalue weighted by atomic mass is 9.96. The first-order valence-electron chi connectivity index (χ1n) is 8.81. The normalized spacial score (nSPS) is 21.6. The van der Waals surface area contributed by atoms with E-state index in [1.807, 2.05) is 25.1 Å². The first kappa shape index (κ1) is 16.1. The van der Waals surface area contributed by atoms with Gasteiger partial charge in [0.05, 0.1) is 23.9 Å². The van der Waals surface area contributed by atoms with Gasteiger partial charge in [-0.3, -0.25) is 4.57 Å². The number of urea groups is 1. The Kier molecular flexibility index (Phi) is 4.17. The van der Waals surface area contributed by atoms with Crippen LogP contribution in [0.15, 0.2) is 30.9 Å². The summed E-state index contributed by atoms with van der Waals surface area (Å²) in [5.74, 6) is 0. The van der Waals surface area contributed by atoms with Crippen LogP contribution in [-0.4, -0.2) is 39.0 Å². The molecule has 1 aliphatic heterocycles. The second-order valence-corrected chi connectivity index (χ2v) is 7.07. The van der Waals surface area contributed by atoms with Gasteiger partial charge in [0.25, 0.3) is 0 Å². The van der Waals surface area contributed by atoms with Crippen molar-refractivity contribution in [3.05, 3.63) is 36.4 Å². The van der Waals surface area contributed by atoms with E-state index >= 15 is 0 Å². The van der Waals surface area contributed by atoms with Crippen molar-refractivity contribution in [2.75, 3.05) is 11.9 Å². The number of hydrogen-bond acceptors (Lipinski definition) is 4. The summed E-state index contributed by atoms with van der Waals surface area (Å²) in [6.07, 6.45) is 8.87. The molecule has 0 bridgehead atoms. The van der Waals surface area contributed by atoms with Gasteiger partial charge in [0.1, 0.15) is 12.7 Å². The SMILES string of the molecule is Cc1ccc(-n2cnnc2)cc1NC(=O)N[C@@H]1COC2(CCCC2)C1. The Bertz CT molecular complexity index is 753. The van der Waals surface area contributed by atoms with Crippen LogP contribution in [0.1, 0.15) is 37.7 Å². The van der Waals surface area contributed by atoms with Crippen LogP contribution < -0.4 is 10.6 Å². The minimum absolute atomic E-state index is 0.0161. The molecule has 1 atom stereocenters. The molecule has 2 amide bonds. The molecule has 4 rings (SSSR count).